The maximum atomic E-state index is 14.1. The minimum atomic E-state index is -0.994. The summed E-state index contributed by atoms with van der Waals surface area (Å²) in [5.41, 5.74) is 0.578. The van der Waals surface area contributed by atoms with E-state index >= 15 is 0 Å². The van der Waals surface area contributed by atoms with E-state index in [4.69, 9.17) is 4.74 Å². The van der Waals surface area contributed by atoms with E-state index in [0.29, 0.717) is 25.1 Å². The first kappa shape index (κ1) is 16.7. The van der Waals surface area contributed by atoms with Crippen molar-refractivity contribution in [3.05, 3.63) is 29.6 Å². The number of benzene rings is 1. The van der Waals surface area contributed by atoms with Crippen LogP contribution in [0, 0.1) is 18.2 Å². The molecule has 0 unspecified atom stereocenters. The third-order valence-electron chi connectivity index (χ3n) is 4.96. The first-order valence-electron chi connectivity index (χ1n) is 8.37. The summed E-state index contributed by atoms with van der Waals surface area (Å²) in [5, 5.41) is 2.97. The van der Waals surface area contributed by atoms with Crippen LogP contribution in [-0.4, -0.2) is 38.1 Å². The molecule has 1 heterocycles. The van der Waals surface area contributed by atoms with E-state index in [1.807, 2.05) is 17.9 Å². The molecule has 2 fully saturated rings. The molecular formula is C18H23FN2O3. The van der Waals surface area contributed by atoms with Crippen LogP contribution in [0.4, 0.5) is 10.1 Å². The maximum absolute atomic E-state index is 14.1. The number of esters is 1. The molecule has 3 rings (SSSR count). The maximum Gasteiger partial charge on any atom is 0.321 e. The number of anilines is 1. The number of hydrogen-bond donors (Lipinski definition) is 1. The van der Waals surface area contributed by atoms with Crippen molar-refractivity contribution in [1.29, 1.82) is 0 Å². The van der Waals surface area contributed by atoms with Crippen molar-refractivity contribution in [2.24, 2.45) is 5.41 Å². The smallest absolute Gasteiger partial charge is 0.321 e. The van der Waals surface area contributed by atoms with E-state index in [9.17, 15) is 14.0 Å². The Morgan fingerprint density at radius 3 is 2.79 bits per heavy atom. The highest BCUT2D eigenvalue weighted by atomic mass is 19.1. The Morgan fingerprint density at radius 2 is 2.12 bits per heavy atom. The van der Waals surface area contributed by atoms with Crippen LogP contribution in [0.2, 0.25) is 0 Å². The first-order chi connectivity index (χ1) is 11.5. The number of carbonyl (C=O) groups is 2. The van der Waals surface area contributed by atoms with Crippen LogP contribution < -0.4 is 10.2 Å². The summed E-state index contributed by atoms with van der Waals surface area (Å²) >= 11 is 0. The van der Waals surface area contributed by atoms with Gasteiger partial charge in [0.15, 0.2) is 0 Å². The van der Waals surface area contributed by atoms with Crippen molar-refractivity contribution < 1.29 is 18.7 Å². The van der Waals surface area contributed by atoms with E-state index in [-0.39, 0.29) is 17.8 Å². The molecule has 1 saturated carbocycles. The van der Waals surface area contributed by atoms with Crippen LogP contribution in [0.5, 0.6) is 0 Å². The quantitative estimate of drug-likeness (QED) is 0.677. The van der Waals surface area contributed by atoms with Gasteiger partial charge in [0.1, 0.15) is 11.2 Å². The number of methoxy groups -OCH3 is 1. The van der Waals surface area contributed by atoms with Crippen LogP contribution in [0.15, 0.2) is 18.2 Å². The van der Waals surface area contributed by atoms with Gasteiger partial charge in [-0.05, 0) is 50.3 Å². The van der Waals surface area contributed by atoms with Crippen molar-refractivity contribution in [3.63, 3.8) is 0 Å². The second kappa shape index (κ2) is 6.42. The van der Waals surface area contributed by atoms with Crippen molar-refractivity contribution in [1.82, 2.24) is 5.32 Å². The third kappa shape index (κ3) is 3.09. The van der Waals surface area contributed by atoms with Gasteiger partial charge in [0, 0.05) is 19.1 Å². The lowest BCUT2D eigenvalue weighted by molar-refractivity contribution is -0.152. The van der Waals surface area contributed by atoms with E-state index in [0.717, 1.165) is 24.9 Å². The monoisotopic (exact) mass is 334 g/mol. The molecule has 1 N–H and O–H groups in total. The number of aryl methyl sites for hydroxylation is 1. The van der Waals surface area contributed by atoms with Crippen LogP contribution in [-0.2, 0) is 14.3 Å². The molecule has 130 valence electrons. The fourth-order valence-electron chi connectivity index (χ4n) is 3.35. The van der Waals surface area contributed by atoms with Gasteiger partial charge in [0.2, 0.25) is 5.91 Å². The van der Waals surface area contributed by atoms with Gasteiger partial charge in [-0.2, -0.15) is 0 Å². The van der Waals surface area contributed by atoms with Crippen LogP contribution in [0.3, 0.4) is 0 Å². The summed E-state index contributed by atoms with van der Waals surface area (Å²) in [5.74, 6) is -0.968. The fourth-order valence-corrected chi connectivity index (χ4v) is 3.35. The number of hydrogen-bond acceptors (Lipinski definition) is 4. The number of nitrogens with one attached hydrogen (secondary N) is 1. The molecule has 24 heavy (non-hydrogen) atoms. The SMILES string of the molecule is COC(=O)C1(C(=O)N[C@@H]2CCCN(c3cc(C)ccc3F)C2)CC1. The van der Waals surface area contributed by atoms with E-state index in [1.54, 1.807) is 6.07 Å². The summed E-state index contributed by atoms with van der Waals surface area (Å²) < 4.78 is 18.9. The zero-order valence-electron chi connectivity index (χ0n) is 14.1. The molecule has 6 heteroatoms. The largest absolute Gasteiger partial charge is 0.468 e. The first-order valence-corrected chi connectivity index (χ1v) is 8.37. The van der Waals surface area contributed by atoms with Gasteiger partial charge in [-0.25, -0.2) is 4.39 Å². The minimum absolute atomic E-state index is 0.0895. The average Bonchev–Trinajstić information content (AvgIpc) is 3.38. The van der Waals surface area contributed by atoms with Gasteiger partial charge >= 0.3 is 5.97 Å². The van der Waals surface area contributed by atoms with Gasteiger partial charge < -0.3 is 15.0 Å². The standard InChI is InChI=1S/C18H23FN2O3/c1-12-5-6-14(19)15(10-12)21-9-3-4-13(11-21)20-16(22)18(7-8-18)17(23)24-2/h5-6,10,13H,3-4,7-9,11H2,1-2H3,(H,20,22)/t13-/m1/s1. The van der Waals surface area contributed by atoms with Gasteiger partial charge in [-0.3, -0.25) is 9.59 Å². The lowest BCUT2D eigenvalue weighted by atomic mass is 10.0. The predicted octanol–water partition coefficient (Wildman–Crippen LogP) is 2.17. The molecule has 5 nitrogen and oxygen atoms in total. The zero-order valence-corrected chi connectivity index (χ0v) is 14.1. The molecule has 1 saturated heterocycles. The number of carbonyl (C=O) groups excluding carboxylic acids is 2. The Labute approximate surface area is 141 Å². The van der Waals surface area contributed by atoms with E-state index < -0.39 is 11.4 Å². The summed E-state index contributed by atoms with van der Waals surface area (Å²) in [7, 11) is 1.30. The average molecular weight is 334 g/mol. The minimum Gasteiger partial charge on any atom is -0.468 e. The lowest BCUT2D eigenvalue weighted by Crippen LogP contribution is -2.51. The molecule has 0 bridgehead atoms. The molecule has 0 aromatic heterocycles. The van der Waals surface area contributed by atoms with Crippen molar-refractivity contribution in [3.8, 4) is 0 Å². The Morgan fingerprint density at radius 1 is 1.38 bits per heavy atom. The van der Waals surface area contributed by atoms with E-state index in [1.165, 1.54) is 13.2 Å². The second-order valence-corrected chi connectivity index (χ2v) is 6.79. The molecule has 1 aliphatic carbocycles. The Bertz CT molecular complexity index is 658. The predicted molar refractivity (Wildman–Crippen MR) is 88.2 cm³/mol. The van der Waals surface area contributed by atoms with Crippen molar-refractivity contribution in [2.45, 2.75) is 38.6 Å². The highest BCUT2D eigenvalue weighted by Gasteiger charge is 2.58. The highest BCUT2D eigenvalue weighted by Crippen LogP contribution is 2.47. The molecule has 0 spiro atoms. The Kier molecular flexibility index (Phi) is 4.47. The summed E-state index contributed by atoms with van der Waals surface area (Å²) in [4.78, 5) is 26.2. The summed E-state index contributed by atoms with van der Waals surface area (Å²) in [6.45, 7) is 3.23. The van der Waals surface area contributed by atoms with Crippen molar-refractivity contribution in [2.75, 3.05) is 25.1 Å². The molecule has 1 amide bonds. The third-order valence-corrected chi connectivity index (χ3v) is 4.96. The number of halogens is 1. The van der Waals surface area contributed by atoms with Crippen molar-refractivity contribution >= 4 is 17.6 Å². The van der Waals surface area contributed by atoms with Gasteiger partial charge in [0.05, 0.1) is 12.8 Å². The fraction of sp³-hybridized carbons (Fsp3) is 0.556. The van der Waals surface area contributed by atoms with Crippen LogP contribution in [0.25, 0.3) is 0 Å². The lowest BCUT2D eigenvalue weighted by Gasteiger charge is -2.35. The van der Waals surface area contributed by atoms with Crippen LogP contribution >= 0.6 is 0 Å². The molecule has 1 atom stereocenters. The molecule has 1 aromatic carbocycles. The highest BCUT2D eigenvalue weighted by molar-refractivity contribution is 6.05. The number of amides is 1. The molecular weight excluding hydrogens is 311 g/mol. The molecule has 0 radical (unpaired) electrons. The number of nitrogens with zero attached hydrogens (tertiary/aromatic N) is 1. The molecule has 1 aromatic rings. The normalized spacial score (nSPS) is 22.0. The van der Waals surface area contributed by atoms with Gasteiger partial charge in [-0.1, -0.05) is 6.07 Å². The zero-order chi connectivity index (χ0) is 17.3. The topological polar surface area (TPSA) is 58.6 Å². The van der Waals surface area contributed by atoms with Crippen LogP contribution in [0.1, 0.15) is 31.2 Å². The Hall–Kier alpha value is -2.11. The number of rotatable bonds is 4. The van der Waals surface area contributed by atoms with E-state index in [2.05, 4.69) is 5.32 Å². The molecule has 1 aliphatic heterocycles. The Balaban J connectivity index is 1.67. The second-order valence-electron chi connectivity index (χ2n) is 6.79. The number of ether oxygens (including phenoxy) is 1. The van der Waals surface area contributed by atoms with Gasteiger partial charge in [0.25, 0.3) is 0 Å². The summed E-state index contributed by atoms with van der Waals surface area (Å²) in [6, 6.07) is 4.96. The molecule has 2 aliphatic rings. The summed E-state index contributed by atoms with van der Waals surface area (Å²) in [6.07, 6.45) is 2.76. The van der Waals surface area contributed by atoms with Gasteiger partial charge in [-0.15, -0.1) is 0 Å². The number of piperidine rings is 1.